The minimum Gasteiger partial charge on any atom is -0.493 e. The summed E-state index contributed by atoms with van der Waals surface area (Å²) in [6.07, 6.45) is 3.40. The van der Waals surface area contributed by atoms with Gasteiger partial charge in [-0.3, -0.25) is 4.79 Å². The average molecular weight is 473 g/mol. The number of aromatic amines is 1. The van der Waals surface area contributed by atoms with Crippen LogP contribution < -0.4 is 14.6 Å². The number of aryl methyl sites for hydroxylation is 2. The van der Waals surface area contributed by atoms with Crippen molar-refractivity contribution in [2.45, 2.75) is 26.7 Å². The maximum Gasteiger partial charge on any atom is 0.326 e. The van der Waals surface area contributed by atoms with Crippen molar-refractivity contribution >= 4 is 34.8 Å². The third kappa shape index (κ3) is 5.23. The van der Waals surface area contributed by atoms with E-state index in [4.69, 9.17) is 27.9 Å². The first kappa shape index (κ1) is 22.2. The Balaban J connectivity index is 1.26. The van der Waals surface area contributed by atoms with Gasteiger partial charge in [-0.25, -0.2) is 5.10 Å². The molecule has 0 saturated carbocycles. The van der Waals surface area contributed by atoms with Crippen molar-refractivity contribution in [2.75, 3.05) is 13.2 Å². The first-order valence-corrected chi connectivity index (χ1v) is 11.1. The number of ether oxygens (including phenoxy) is 1. The monoisotopic (exact) mass is 472 g/mol. The number of amides is 1. The Hall–Kier alpha value is -3.03. The van der Waals surface area contributed by atoms with Crippen molar-refractivity contribution in [1.29, 1.82) is 0 Å². The Bertz CT molecular complexity index is 1210. The van der Waals surface area contributed by atoms with Gasteiger partial charge >= 0.3 is 5.65 Å². The molecular weight excluding hydrogens is 449 g/mol. The van der Waals surface area contributed by atoms with Gasteiger partial charge in [0.2, 0.25) is 0 Å². The molecule has 32 heavy (non-hydrogen) atoms. The summed E-state index contributed by atoms with van der Waals surface area (Å²) in [5.74, 6) is 0.731. The van der Waals surface area contributed by atoms with Crippen molar-refractivity contribution in [2.24, 2.45) is 0 Å². The van der Waals surface area contributed by atoms with Gasteiger partial charge in [0.05, 0.1) is 17.8 Å². The van der Waals surface area contributed by atoms with Crippen molar-refractivity contribution in [1.82, 2.24) is 20.2 Å². The second kappa shape index (κ2) is 9.63. The zero-order valence-corrected chi connectivity index (χ0v) is 19.4. The van der Waals surface area contributed by atoms with E-state index < -0.39 is 0 Å². The van der Waals surface area contributed by atoms with Crippen molar-refractivity contribution < 1.29 is 14.0 Å². The number of carbonyl (C=O) groups excluding carboxylic acids is 1. The third-order valence-electron chi connectivity index (χ3n) is 5.00. The minimum absolute atomic E-state index is 0.178. The molecule has 166 valence electrons. The quantitative estimate of drug-likeness (QED) is 0.293. The smallest absolute Gasteiger partial charge is 0.326 e. The zero-order chi connectivity index (χ0) is 22.7. The summed E-state index contributed by atoms with van der Waals surface area (Å²) in [5, 5.41) is 11.5. The lowest BCUT2D eigenvalue weighted by molar-refractivity contribution is -0.577. The molecule has 0 radical (unpaired) electrons. The van der Waals surface area contributed by atoms with Crippen LogP contribution in [-0.2, 0) is 0 Å². The fraction of sp³-hybridized carbons (Fsp3) is 0.261. The number of rotatable bonds is 8. The summed E-state index contributed by atoms with van der Waals surface area (Å²) >= 11 is 12.1. The summed E-state index contributed by atoms with van der Waals surface area (Å²) < 4.78 is 9.13. The van der Waals surface area contributed by atoms with Gasteiger partial charge in [0.25, 0.3) is 12.2 Å². The van der Waals surface area contributed by atoms with E-state index in [0.29, 0.717) is 34.5 Å². The summed E-state index contributed by atoms with van der Waals surface area (Å²) in [5.41, 5.74) is 4.13. The summed E-state index contributed by atoms with van der Waals surface area (Å²) in [4.78, 5) is 12.4. The van der Waals surface area contributed by atoms with Crippen LogP contribution in [0.1, 0.15) is 34.5 Å². The highest BCUT2D eigenvalue weighted by Crippen LogP contribution is 2.21. The molecule has 2 heterocycles. The van der Waals surface area contributed by atoms with Gasteiger partial charge in [-0.15, -0.1) is 4.52 Å². The van der Waals surface area contributed by atoms with E-state index in [1.165, 1.54) is 5.56 Å². The second-order valence-electron chi connectivity index (χ2n) is 7.67. The highest BCUT2D eigenvalue weighted by molar-refractivity contribution is 6.34. The maximum atomic E-state index is 12.4. The van der Waals surface area contributed by atoms with E-state index in [1.807, 2.05) is 19.1 Å². The number of hydrogen-bond acceptors (Lipinski definition) is 3. The predicted octanol–water partition coefficient (Wildman–Crippen LogP) is 4.45. The number of hydrogen-bond donors (Lipinski definition) is 2. The molecule has 0 aliphatic carbocycles. The maximum absolute atomic E-state index is 12.4. The fourth-order valence-electron chi connectivity index (χ4n) is 3.41. The molecular formula is C23H24Cl2N5O2+. The van der Waals surface area contributed by atoms with Crippen molar-refractivity contribution in [3.05, 3.63) is 75.7 Å². The lowest BCUT2D eigenvalue weighted by atomic mass is 10.1. The number of unbranched alkanes of at least 4 members (excludes halogenated alkanes) is 1. The number of carbonyl (C=O) groups is 1. The SMILES string of the molecule is Cc1ccc(OCCCCNC(=O)c2cc3nn(-c4cc(Cl)cc(Cl)c4)c[n+]3[nH]2)c(C)c1. The molecule has 0 atom stereocenters. The average Bonchev–Trinajstić information content (AvgIpc) is 3.30. The number of fused-ring (bicyclic) bond motifs is 1. The Morgan fingerprint density at radius 2 is 1.91 bits per heavy atom. The molecule has 4 rings (SSSR count). The van der Waals surface area contributed by atoms with Gasteiger partial charge in [-0.05, 0) is 56.5 Å². The van der Waals surface area contributed by atoms with Crippen LogP contribution in [0.2, 0.25) is 10.0 Å². The summed E-state index contributed by atoms with van der Waals surface area (Å²) in [6, 6.07) is 13.0. The fourth-order valence-corrected chi connectivity index (χ4v) is 3.92. The highest BCUT2D eigenvalue weighted by atomic mass is 35.5. The van der Waals surface area contributed by atoms with E-state index in [0.717, 1.165) is 29.8 Å². The molecule has 4 aromatic rings. The Kier molecular flexibility index (Phi) is 6.67. The van der Waals surface area contributed by atoms with E-state index in [9.17, 15) is 4.79 Å². The number of nitrogens with one attached hydrogen (secondary N) is 2. The van der Waals surface area contributed by atoms with Crippen molar-refractivity contribution in [3.63, 3.8) is 0 Å². The first-order valence-electron chi connectivity index (χ1n) is 10.3. The lowest BCUT2D eigenvalue weighted by Crippen LogP contribution is -2.28. The molecule has 1 amide bonds. The standard InChI is InChI=1S/C23H23Cl2N5O2/c1-15-5-6-21(16(2)9-15)32-8-4-3-7-26-23(31)20-13-22-28-29(14-30(22)27-20)19-11-17(24)10-18(25)12-19/h5-6,9-14H,3-4,7-8H2,1-2H3,(H-,26,27,28,31)/p+1. The number of aromatic nitrogens is 4. The molecule has 0 aliphatic heterocycles. The van der Waals surface area contributed by atoms with E-state index >= 15 is 0 Å². The molecule has 2 N–H and O–H groups in total. The molecule has 0 unspecified atom stereocenters. The Morgan fingerprint density at radius 3 is 2.62 bits per heavy atom. The van der Waals surface area contributed by atoms with Gasteiger partial charge in [0, 0.05) is 16.6 Å². The second-order valence-corrected chi connectivity index (χ2v) is 8.54. The number of nitrogens with zero attached hydrogens (tertiary/aromatic N) is 3. The van der Waals surface area contributed by atoms with Gasteiger partial charge < -0.3 is 10.1 Å². The van der Waals surface area contributed by atoms with Crippen LogP contribution in [0.5, 0.6) is 5.75 Å². The number of benzene rings is 2. The van der Waals surface area contributed by atoms with Gasteiger partial charge in [-0.1, -0.05) is 45.6 Å². The first-order chi connectivity index (χ1) is 15.4. The van der Waals surface area contributed by atoms with E-state index in [2.05, 4.69) is 28.5 Å². The van der Waals surface area contributed by atoms with Crippen LogP contribution >= 0.6 is 23.2 Å². The topological polar surface area (TPSA) is 76.0 Å². The van der Waals surface area contributed by atoms with Crippen LogP contribution in [0, 0.1) is 13.8 Å². The van der Waals surface area contributed by atoms with Crippen LogP contribution in [0.15, 0.2) is 48.8 Å². The third-order valence-corrected chi connectivity index (χ3v) is 5.43. The van der Waals surface area contributed by atoms with Crippen LogP contribution in [0.3, 0.4) is 0 Å². The van der Waals surface area contributed by atoms with Crippen molar-refractivity contribution in [3.8, 4) is 11.4 Å². The summed E-state index contributed by atoms with van der Waals surface area (Å²) in [7, 11) is 0. The Morgan fingerprint density at radius 1 is 1.12 bits per heavy atom. The van der Waals surface area contributed by atoms with Gasteiger partial charge in [0.1, 0.15) is 17.1 Å². The molecule has 9 heteroatoms. The molecule has 0 saturated heterocycles. The zero-order valence-electron chi connectivity index (χ0n) is 17.9. The number of H-pyrrole nitrogens is 1. The Labute approximate surface area is 195 Å². The van der Waals surface area contributed by atoms with Crippen LogP contribution in [0.25, 0.3) is 11.3 Å². The molecule has 0 fully saturated rings. The molecule has 2 aromatic carbocycles. The molecule has 2 aromatic heterocycles. The normalized spacial score (nSPS) is 11.1. The van der Waals surface area contributed by atoms with E-state index in [-0.39, 0.29) is 5.91 Å². The lowest BCUT2D eigenvalue weighted by Gasteiger charge is -2.09. The minimum atomic E-state index is -0.178. The largest absolute Gasteiger partial charge is 0.493 e. The van der Waals surface area contributed by atoms with E-state index in [1.54, 1.807) is 39.8 Å². The predicted molar refractivity (Wildman–Crippen MR) is 124 cm³/mol. The summed E-state index contributed by atoms with van der Waals surface area (Å²) in [6.45, 7) is 5.29. The van der Waals surface area contributed by atoms with Crippen LogP contribution in [0.4, 0.5) is 0 Å². The molecule has 0 aliphatic rings. The number of halogens is 2. The molecule has 0 spiro atoms. The highest BCUT2D eigenvalue weighted by Gasteiger charge is 2.19. The van der Waals surface area contributed by atoms with Gasteiger partial charge in [0.15, 0.2) is 0 Å². The molecule has 7 nitrogen and oxygen atoms in total. The van der Waals surface area contributed by atoms with Gasteiger partial charge in [-0.2, -0.15) is 0 Å². The molecule has 0 bridgehead atoms. The van der Waals surface area contributed by atoms with Crippen LogP contribution in [-0.4, -0.2) is 33.9 Å².